The normalized spacial score (nSPS) is 9.69. The molecule has 26 heavy (non-hydrogen) atoms. The fourth-order valence-corrected chi connectivity index (χ4v) is 2.21. The van der Waals surface area contributed by atoms with E-state index in [1.807, 2.05) is 71.3 Å². The van der Waals surface area contributed by atoms with Crippen LogP contribution in [0.25, 0.3) is 10.9 Å². The molecule has 2 aromatic heterocycles. The van der Waals surface area contributed by atoms with Gasteiger partial charge < -0.3 is 9.47 Å². The number of hydrogen-bond acceptors (Lipinski definition) is 3. The van der Waals surface area contributed by atoms with Crippen LogP contribution in [-0.4, -0.2) is 34.3 Å². The van der Waals surface area contributed by atoms with Crippen molar-refractivity contribution in [3.8, 4) is 0 Å². The van der Waals surface area contributed by atoms with Crippen LogP contribution in [-0.2, 0) is 0 Å². The average molecular weight is 382 g/mol. The summed E-state index contributed by atoms with van der Waals surface area (Å²) >= 11 is 5.95. The summed E-state index contributed by atoms with van der Waals surface area (Å²) < 4.78 is 2.04. The number of rotatable bonds is 4. The Morgan fingerprint density at radius 3 is 2.15 bits per heavy atom. The van der Waals surface area contributed by atoms with Crippen molar-refractivity contribution in [2.24, 2.45) is 0 Å². The summed E-state index contributed by atoms with van der Waals surface area (Å²) in [7, 11) is 3.75. The maximum Gasteiger partial charge on any atom is 0.189 e. The van der Waals surface area contributed by atoms with Gasteiger partial charge in [-0.05, 0) is 19.9 Å². The number of ketones is 1. The third kappa shape index (κ3) is 7.61. The van der Waals surface area contributed by atoms with Gasteiger partial charge in [0.25, 0.3) is 0 Å². The van der Waals surface area contributed by atoms with Gasteiger partial charge in [-0.3, -0.25) is 4.79 Å². The van der Waals surface area contributed by atoms with Crippen molar-refractivity contribution in [1.29, 1.82) is 0 Å². The molecule has 2 aromatic rings. The number of allylic oxidation sites excluding steroid dienone is 1. The minimum atomic E-state index is -0.0367. The van der Waals surface area contributed by atoms with Gasteiger partial charge in [-0.1, -0.05) is 53.1 Å². The zero-order valence-corrected chi connectivity index (χ0v) is 18.8. The number of hydrogen-bond donors (Lipinski definition) is 0. The van der Waals surface area contributed by atoms with Gasteiger partial charge in [-0.15, -0.1) is 0 Å². The molecule has 0 spiro atoms. The SMILES string of the molecule is CC.CC.CC.CC(C)n1cc(C(=O)/C=C/N(C)C)c2cc(Cl)ncc21. The van der Waals surface area contributed by atoms with E-state index in [9.17, 15) is 4.79 Å². The highest BCUT2D eigenvalue weighted by Gasteiger charge is 2.15. The minimum absolute atomic E-state index is 0.0367. The summed E-state index contributed by atoms with van der Waals surface area (Å²) in [6.07, 6.45) is 6.89. The van der Waals surface area contributed by atoms with Gasteiger partial charge in [0.2, 0.25) is 0 Å². The van der Waals surface area contributed by atoms with E-state index < -0.39 is 0 Å². The van der Waals surface area contributed by atoms with Gasteiger partial charge in [-0.25, -0.2) is 4.98 Å². The van der Waals surface area contributed by atoms with Gasteiger partial charge >= 0.3 is 0 Å². The Hall–Kier alpha value is -1.81. The third-order valence-corrected chi connectivity index (χ3v) is 3.24. The van der Waals surface area contributed by atoms with Crippen LogP contribution in [0.3, 0.4) is 0 Å². The fourth-order valence-electron chi connectivity index (χ4n) is 2.05. The first-order valence-corrected chi connectivity index (χ1v) is 9.83. The number of aromatic nitrogens is 2. The molecule has 0 saturated heterocycles. The van der Waals surface area contributed by atoms with E-state index in [1.54, 1.807) is 24.5 Å². The van der Waals surface area contributed by atoms with Crippen LogP contribution in [0.2, 0.25) is 5.15 Å². The summed E-state index contributed by atoms with van der Waals surface area (Å²) in [6, 6.07) is 1.99. The highest BCUT2D eigenvalue weighted by molar-refractivity contribution is 6.30. The largest absolute Gasteiger partial charge is 0.383 e. The number of fused-ring (bicyclic) bond motifs is 1. The topological polar surface area (TPSA) is 38.1 Å². The number of carbonyl (C=O) groups excluding carboxylic acids is 1. The molecule has 0 radical (unpaired) electrons. The Labute approximate surface area is 164 Å². The molecule has 148 valence electrons. The zero-order chi connectivity index (χ0) is 20.9. The Bertz CT molecular complexity index is 673. The molecular formula is C21H36ClN3O. The predicted octanol–water partition coefficient (Wildman–Crippen LogP) is 6.61. The van der Waals surface area contributed by atoms with E-state index in [1.165, 1.54) is 0 Å². The van der Waals surface area contributed by atoms with Crippen LogP contribution in [0.5, 0.6) is 0 Å². The molecule has 5 heteroatoms. The van der Waals surface area contributed by atoms with E-state index >= 15 is 0 Å². The lowest BCUT2D eigenvalue weighted by atomic mass is 10.1. The minimum Gasteiger partial charge on any atom is -0.383 e. The Balaban J connectivity index is 0. The van der Waals surface area contributed by atoms with Crippen LogP contribution >= 0.6 is 11.6 Å². The van der Waals surface area contributed by atoms with Crippen molar-refractivity contribution in [3.63, 3.8) is 0 Å². The fraction of sp³-hybridized carbons (Fsp3) is 0.524. The second-order valence-corrected chi connectivity index (χ2v) is 5.60. The quantitative estimate of drug-likeness (QED) is 0.340. The summed E-state index contributed by atoms with van der Waals surface area (Å²) in [6.45, 7) is 16.1. The molecular weight excluding hydrogens is 346 g/mol. The molecule has 4 nitrogen and oxygen atoms in total. The van der Waals surface area contributed by atoms with E-state index in [4.69, 9.17) is 11.6 Å². The van der Waals surface area contributed by atoms with Gasteiger partial charge in [0, 0.05) is 49.6 Å². The third-order valence-electron chi connectivity index (χ3n) is 3.03. The average Bonchev–Trinajstić information content (AvgIpc) is 3.03. The molecule has 2 rings (SSSR count). The van der Waals surface area contributed by atoms with Crippen LogP contribution in [0.4, 0.5) is 0 Å². The molecule has 0 atom stereocenters. The molecule has 0 bridgehead atoms. The highest BCUT2D eigenvalue weighted by Crippen LogP contribution is 2.26. The number of carbonyl (C=O) groups is 1. The van der Waals surface area contributed by atoms with Crippen molar-refractivity contribution >= 4 is 28.3 Å². The van der Waals surface area contributed by atoms with E-state index in [0.29, 0.717) is 10.7 Å². The Morgan fingerprint density at radius 2 is 1.69 bits per heavy atom. The lowest BCUT2D eigenvalue weighted by molar-refractivity contribution is 0.104. The van der Waals surface area contributed by atoms with Gasteiger partial charge in [0.15, 0.2) is 5.78 Å². The monoisotopic (exact) mass is 381 g/mol. The molecule has 0 fully saturated rings. The molecule has 0 N–H and O–H groups in total. The van der Waals surface area contributed by atoms with E-state index in [2.05, 4.69) is 18.8 Å². The van der Waals surface area contributed by atoms with Crippen LogP contribution in [0, 0.1) is 0 Å². The first-order chi connectivity index (χ1) is 12.4. The molecule has 0 aliphatic rings. The predicted molar refractivity (Wildman–Crippen MR) is 116 cm³/mol. The first kappa shape index (κ1) is 26.4. The van der Waals surface area contributed by atoms with Crippen molar-refractivity contribution in [3.05, 3.63) is 41.5 Å². The van der Waals surface area contributed by atoms with Gasteiger partial charge in [0.05, 0.1) is 11.7 Å². The molecule has 2 heterocycles. The van der Waals surface area contributed by atoms with E-state index in [-0.39, 0.29) is 11.8 Å². The lowest BCUT2D eigenvalue weighted by Crippen LogP contribution is -2.03. The Kier molecular flexibility index (Phi) is 14.6. The van der Waals surface area contributed by atoms with Gasteiger partial charge in [-0.2, -0.15) is 0 Å². The standard InChI is InChI=1S/C15H18ClN3O.3C2H6/c1-10(2)19-9-12(14(20)5-6-18(3)4)11-7-15(16)17-8-13(11)19;3*1-2/h5-10H,1-4H3;3*1-2H3/b6-5+;;;. The molecule has 0 amide bonds. The summed E-state index contributed by atoms with van der Waals surface area (Å²) in [5, 5.41) is 1.23. The van der Waals surface area contributed by atoms with Crippen LogP contribution in [0.15, 0.2) is 30.7 Å². The highest BCUT2D eigenvalue weighted by atomic mass is 35.5. The van der Waals surface area contributed by atoms with Crippen molar-refractivity contribution < 1.29 is 4.79 Å². The number of pyridine rings is 1. The molecule has 0 unspecified atom stereocenters. The van der Waals surface area contributed by atoms with Crippen molar-refractivity contribution in [2.75, 3.05) is 14.1 Å². The second kappa shape index (κ2) is 14.4. The van der Waals surface area contributed by atoms with Crippen LogP contribution in [0.1, 0.15) is 71.8 Å². The van der Waals surface area contributed by atoms with Crippen LogP contribution < -0.4 is 0 Å². The zero-order valence-electron chi connectivity index (χ0n) is 18.1. The summed E-state index contributed by atoms with van der Waals surface area (Å²) in [4.78, 5) is 18.3. The first-order valence-electron chi connectivity index (χ1n) is 9.45. The summed E-state index contributed by atoms with van der Waals surface area (Å²) in [5.41, 5.74) is 1.57. The Morgan fingerprint density at radius 1 is 1.15 bits per heavy atom. The smallest absolute Gasteiger partial charge is 0.189 e. The van der Waals surface area contributed by atoms with Crippen molar-refractivity contribution in [1.82, 2.24) is 14.5 Å². The molecule has 0 saturated carbocycles. The van der Waals surface area contributed by atoms with Crippen molar-refractivity contribution in [2.45, 2.75) is 61.4 Å². The maximum absolute atomic E-state index is 12.3. The van der Waals surface area contributed by atoms with Gasteiger partial charge in [0.1, 0.15) is 5.15 Å². The summed E-state index contributed by atoms with van der Waals surface area (Å²) in [5.74, 6) is -0.0367. The maximum atomic E-state index is 12.3. The van der Waals surface area contributed by atoms with E-state index in [0.717, 1.165) is 10.9 Å². The lowest BCUT2D eigenvalue weighted by Gasteiger charge is -2.08. The number of nitrogens with zero attached hydrogens (tertiary/aromatic N) is 3. The molecule has 0 aromatic carbocycles. The number of halogens is 1. The molecule has 0 aliphatic carbocycles. The second-order valence-electron chi connectivity index (χ2n) is 5.21. The molecule has 0 aliphatic heterocycles.